The number of benzene rings is 2. The van der Waals surface area contributed by atoms with Crippen molar-refractivity contribution in [2.75, 3.05) is 13.7 Å². The van der Waals surface area contributed by atoms with E-state index in [4.69, 9.17) is 18.7 Å². The Bertz CT molecular complexity index is 873. The summed E-state index contributed by atoms with van der Waals surface area (Å²) in [5, 5.41) is 3.94. The van der Waals surface area contributed by atoms with E-state index in [9.17, 15) is 4.79 Å². The molecule has 0 aliphatic heterocycles. The van der Waals surface area contributed by atoms with Gasteiger partial charge in [0.15, 0.2) is 17.3 Å². The van der Waals surface area contributed by atoms with E-state index in [1.54, 1.807) is 31.4 Å². The zero-order valence-corrected chi connectivity index (χ0v) is 14.6. The van der Waals surface area contributed by atoms with Crippen LogP contribution in [-0.4, -0.2) is 24.8 Å². The van der Waals surface area contributed by atoms with Crippen LogP contribution in [0.15, 0.2) is 59.1 Å². The Morgan fingerprint density at radius 3 is 2.62 bits per heavy atom. The number of carbonyl (C=O) groups excluding carboxylic acids is 1. The fourth-order valence-electron chi connectivity index (χ4n) is 2.41. The zero-order valence-electron chi connectivity index (χ0n) is 14.6. The average Bonchev–Trinajstić information content (AvgIpc) is 3.16. The number of aromatic nitrogens is 1. The van der Waals surface area contributed by atoms with E-state index in [2.05, 4.69) is 5.16 Å². The van der Waals surface area contributed by atoms with Crippen LogP contribution in [0.4, 0.5) is 0 Å². The van der Waals surface area contributed by atoms with E-state index in [0.29, 0.717) is 35.1 Å². The Hall–Kier alpha value is -3.28. The van der Waals surface area contributed by atoms with Crippen LogP contribution in [-0.2, 0) is 11.3 Å². The second-order valence-corrected chi connectivity index (χ2v) is 5.42. The van der Waals surface area contributed by atoms with Gasteiger partial charge in [-0.3, -0.25) is 0 Å². The molecule has 1 heterocycles. The number of esters is 1. The van der Waals surface area contributed by atoms with Crippen molar-refractivity contribution >= 4 is 5.97 Å². The van der Waals surface area contributed by atoms with E-state index < -0.39 is 5.97 Å². The van der Waals surface area contributed by atoms with Crippen molar-refractivity contribution < 1.29 is 23.5 Å². The van der Waals surface area contributed by atoms with Crippen LogP contribution in [0.25, 0.3) is 11.3 Å². The maximum atomic E-state index is 12.3. The molecule has 0 unspecified atom stereocenters. The molecule has 0 N–H and O–H groups in total. The second-order valence-electron chi connectivity index (χ2n) is 5.42. The van der Waals surface area contributed by atoms with E-state index in [1.165, 1.54) is 0 Å². The predicted molar refractivity (Wildman–Crippen MR) is 95.2 cm³/mol. The lowest BCUT2D eigenvalue weighted by molar-refractivity contribution is 0.0463. The minimum atomic E-state index is -0.474. The molecule has 0 radical (unpaired) electrons. The van der Waals surface area contributed by atoms with Crippen LogP contribution in [0.2, 0.25) is 0 Å². The van der Waals surface area contributed by atoms with Gasteiger partial charge in [-0.25, -0.2) is 4.79 Å². The van der Waals surface area contributed by atoms with E-state index in [-0.39, 0.29) is 6.61 Å². The normalized spacial score (nSPS) is 10.4. The third-order valence-electron chi connectivity index (χ3n) is 3.67. The van der Waals surface area contributed by atoms with Crippen molar-refractivity contribution in [2.24, 2.45) is 0 Å². The lowest BCUT2D eigenvalue weighted by atomic mass is 10.2. The van der Waals surface area contributed by atoms with Gasteiger partial charge in [0.25, 0.3) is 0 Å². The SMILES string of the molecule is CCOc1cc(C(=O)OCc2cc(-c3ccccc3)on2)ccc1OC. The number of nitrogens with zero attached hydrogens (tertiary/aromatic N) is 1. The molecule has 2 aromatic carbocycles. The van der Waals surface area contributed by atoms with Gasteiger partial charge in [0.2, 0.25) is 0 Å². The molecule has 0 amide bonds. The van der Waals surface area contributed by atoms with Crippen LogP contribution in [0, 0.1) is 0 Å². The Labute approximate surface area is 151 Å². The second kappa shape index (κ2) is 8.20. The van der Waals surface area contributed by atoms with Crippen molar-refractivity contribution in [1.82, 2.24) is 5.16 Å². The van der Waals surface area contributed by atoms with Crippen molar-refractivity contribution in [1.29, 1.82) is 0 Å². The Morgan fingerprint density at radius 1 is 1.08 bits per heavy atom. The smallest absolute Gasteiger partial charge is 0.338 e. The molecule has 0 aliphatic carbocycles. The van der Waals surface area contributed by atoms with Gasteiger partial charge in [0.05, 0.1) is 19.3 Å². The average molecular weight is 353 g/mol. The molecule has 6 heteroatoms. The highest BCUT2D eigenvalue weighted by Gasteiger charge is 2.14. The van der Waals surface area contributed by atoms with E-state index in [0.717, 1.165) is 5.56 Å². The maximum Gasteiger partial charge on any atom is 0.338 e. The third-order valence-corrected chi connectivity index (χ3v) is 3.67. The highest BCUT2D eigenvalue weighted by Crippen LogP contribution is 2.28. The van der Waals surface area contributed by atoms with E-state index in [1.807, 2.05) is 37.3 Å². The lowest BCUT2D eigenvalue weighted by Gasteiger charge is -2.10. The Morgan fingerprint density at radius 2 is 1.88 bits per heavy atom. The Kier molecular flexibility index (Phi) is 5.53. The fraction of sp³-hybridized carbons (Fsp3) is 0.200. The molecule has 0 saturated carbocycles. The molecule has 3 rings (SSSR count). The standard InChI is InChI=1S/C20H19NO5/c1-3-24-19-11-15(9-10-17(19)23-2)20(22)25-13-16-12-18(26-21-16)14-7-5-4-6-8-14/h4-12H,3,13H2,1-2H3. The topological polar surface area (TPSA) is 70.8 Å². The van der Waals surface area contributed by atoms with Crippen LogP contribution in [0.1, 0.15) is 23.0 Å². The highest BCUT2D eigenvalue weighted by molar-refractivity contribution is 5.90. The molecule has 3 aromatic rings. The summed E-state index contributed by atoms with van der Waals surface area (Å²) < 4.78 is 21.3. The first-order valence-electron chi connectivity index (χ1n) is 8.20. The molecular formula is C20H19NO5. The molecule has 0 spiro atoms. The van der Waals surface area contributed by atoms with Crippen LogP contribution in [0.5, 0.6) is 11.5 Å². The van der Waals surface area contributed by atoms with Gasteiger partial charge in [-0.1, -0.05) is 35.5 Å². The molecule has 0 aliphatic rings. The van der Waals surface area contributed by atoms with Crippen molar-refractivity contribution in [2.45, 2.75) is 13.5 Å². The van der Waals surface area contributed by atoms with Gasteiger partial charge in [0.1, 0.15) is 12.3 Å². The van der Waals surface area contributed by atoms with Crippen LogP contribution < -0.4 is 9.47 Å². The molecule has 0 atom stereocenters. The fourth-order valence-corrected chi connectivity index (χ4v) is 2.41. The minimum absolute atomic E-state index is 0.0190. The van der Waals surface area contributed by atoms with Crippen LogP contribution >= 0.6 is 0 Å². The molecule has 0 saturated heterocycles. The molecule has 6 nitrogen and oxygen atoms in total. The Balaban J connectivity index is 1.66. The quantitative estimate of drug-likeness (QED) is 0.596. The van der Waals surface area contributed by atoms with E-state index >= 15 is 0 Å². The largest absolute Gasteiger partial charge is 0.493 e. The van der Waals surface area contributed by atoms with Gasteiger partial charge < -0.3 is 18.7 Å². The van der Waals surface area contributed by atoms with Gasteiger partial charge in [-0.15, -0.1) is 0 Å². The summed E-state index contributed by atoms with van der Waals surface area (Å²) in [7, 11) is 1.55. The molecule has 0 bridgehead atoms. The molecule has 1 aromatic heterocycles. The van der Waals surface area contributed by atoms with Crippen molar-refractivity contribution in [3.8, 4) is 22.8 Å². The first-order valence-corrected chi connectivity index (χ1v) is 8.20. The predicted octanol–water partition coefficient (Wildman–Crippen LogP) is 4.11. The molecular weight excluding hydrogens is 334 g/mol. The monoisotopic (exact) mass is 353 g/mol. The van der Waals surface area contributed by atoms with Gasteiger partial charge >= 0.3 is 5.97 Å². The van der Waals surface area contributed by atoms with Crippen molar-refractivity contribution in [3.63, 3.8) is 0 Å². The molecule has 0 fully saturated rings. The lowest BCUT2D eigenvalue weighted by Crippen LogP contribution is -2.06. The van der Waals surface area contributed by atoms with Crippen LogP contribution in [0.3, 0.4) is 0 Å². The minimum Gasteiger partial charge on any atom is -0.493 e. The summed E-state index contributed by atoms with van der Waals surface area (Å²) >= 11 is 0. The summed E-state index contributed by atoms with van der Waals surface area (Å²) in [4.78, 5) is 12.3. The number of ether oxygens (including phenoxy) is 3. The number of rotatable bonds is 7. The summed E-state index contributed by atoms with van der Waals surface area (Å²) in [6.07, 6.45) is 0. The van der Waals surface area contributed by atoms with Gasteiger partial charge in [0, 0.05) is 11.6 Å². The summed E-state index contributed by atoms with van der Waals surface area (Å²) in [5.74, 6) is 1.21. The third kappa shape index (κ3) is 4.03. The summed E-state index contributed by atoms with van der Waals surface area (Å²) in [6.45, 7) is 2.35. The summed E-state index contributed by atoms with van der Waals surface area (Å²) in [5.41, 5.74) is 1.82. The number of carbonyl (C=O) groups is 1. The first kappa shape index (κ1) is 17.5. The maximum absolute atomic E-state index is 12.3. The number of hydrogen-bond acceptors (Lipinski definition) is 6. The zero-order chi connectivity index (χ0) is 18.4. The highest BCUT2D eigenvalue weighted by atomic mass is 16.5. The first-order chi connectivity index (χ1) is 12.7. The van der Waals surface area contributed by atoms with Gasteiger partial charge in [-0.2, -0.15) is 0 Å². The molecule has 134 valence electrons. The van der Waals surface area contributed by atoms with Gasteiger partial charge in [-0.05, 0) is 25.1 Å². The molecule has 26 heavy (non-hydrogen) atoms. The number of hydrogen-bond donors (Lipinski definition) is 0. The summed E-state index contributed by atoms with van der Waals surface area (Å²) in [6, 6.07) is 16.2. The number of methoxy groups -OCH3 is 1. The van der Waals surface area contributed by atoms with Crippen molar-refractivity contribution in [3.05, 3.63) is 65.9 Å².